The van der Waals surface area contributed by atoms with Crippen molar-refractivity contribution in [3.63, 3.8) is 0 Å². The topological polar surface area (TPSA) is 29.5 Å². The number of hydrogen-bond acceptors (Lipinski definition) is 2. The predicted octanol–water partition coefficient (Wildman–Crippen LogP) is 3.49. The van der Waals surface area contributed by atoms with Crippen LogP contribution in [0.4, 0.5) is 0 Å². The second-order valence-corrected chi connectivity index (χ2v) is 3.63. The average molecular weight is 221 g/mol. The fourth-order valence-corrected chi connectivity index (χ4v) is 1.23. The van der Waals surface area contributed by atoms with Gasteiger partial charge in [-0.3, -0.25) is 0 Å². The van der Waals surface area contributed by atoms with Crippen LogP contribution in [-0.4, -0.2) is 11.2 Å². The van der Waals surface area contributed by atoms with Gasteiger partial charge in [-0.2, -0.15) is 0 Å². The molecule has 4 heteroatoms. The smallest absolute Gasteiger partial charge is 0.140 e. The van der Waals surface area contributed by atoms with E-state index in [1.165, 1.54) is 6.07 Å². The average Bonchev–Trinajstić information content (AvgIpc) is 2.06. The first-order chi connectivity index (χ1) is 6.02. The summed E-state index contributed by atoms with van der Waals surface area (Å²) in [5, 5.41) is 9.56. The third-order valence-corrected chi connectivity index (χ3v) is 2.24. The summed E-state index contributed by atoms with van der Waals surface area (Å²) in [6.45, 7) is 3.77. The van der Waals surface area contributed by atoms with Gasteiger partial charge in [0.25, 0.3) is 0 Å². The number of ether oxygens (including phenoxy) is 1. The molecule has 0 aliphatic heterocycles. The molecular weight excluding hydrogens is 211 g/mol. The maximum absolute atomic E-state index is 9.19. The summed E-state index contributed by atoms with van der Waals surface area (Å²) in [5.41, 5.74) is 0. The molecule has 0 fully saturated rings. The molecule has 0 amide bonds. The molecule has 0 aromatic heterocycles. The van der Waals surface area contributed by atoms with E-state index in [1.54, 1.807) is 6.07 Å². The van der Waals surface area contributed by atoms with Crippen molar-refractivity contribution < 1.29 is 9.84 Å². The first kappa shape index (κ1) is 10.5. The van der Waals surface area contributed by atoms with E-state index in [9.17, 15) is 5.11 Å². The second-order valence-electron chi connectivity index (χ2n) is 2.88. The van der Waals surface area contributed by atoms with Crippen LogP contribution in [0.1, 0.15) is 13.8 Å². The number of aromatic hydroxyl groups is 1. The van der Waals surface area contributed by atoms with Gasteiger partial charge in [-0.05, 0) is 26.0 Å². The Bertz CT molecular complexity index is 311. The largest absolute Gasteiger partial charge is 0.506 e. The minimum Gasteiger partial charge on any atom is -0.506 e. The molecule has 0 bridgehead atoms. The Morgan fingerprint density at radius 2 is 1.85 bits per heavy atom. The van der Waals surface area contributed by atoms with Crippen molar-refractivity contribution in [1.29, 1.82) is 0 Å². The third kappa shape index (κ3) is 2.42. The predicted molar refractivity (Wildman–Crippen MR) is 53.9 cm³/mol. The lowest BCUT2D eigenvalue weighted by molar-refractivity contribution is 0.242. The Labute approximate surface area is 87.0 Å². The highest BCUT2D eigenvalue weighted by atomic mass is 35.5. The molecule has 1 rings (SSSR count). The van der Waals surface area contributed by atoms with Crippen LogP contribution in [0, 0.1) is 0 Å². The maximum atomic E-state index is 9.19. The highest BCUT2D eigenvalue weighted by Gasteiger charge is 2.10. The van der Waals surface area contributed by atoms with Crippen molar-refractivity contribution in [3.8, 4) is 11.5 Å². The molecule has 2 nitrogen and oxygen atoms in total. The maximum Gasteiger partial charge on any atom is 0.140 e. The van der Waals surface area contributed by atoms with Gasteiger partial charge < -0.3 is 9.84 Å². The zero-order valence-corrected chi connectivity index (χ0v) is 8.86. The van der Waals surface area contributed by atoms with Gasteiger partial charge in [0, 0.05) is 0 Å². The van der Waals surface area contributed by atoms with Crippen molar-refractivity contribution >= 4 is 23.2 Å². The summed E-state index contributed by atoms with van der Waals surface area (Å²) >= 11 is 11.5. The van der Waals surface area contributed by atoms with Gasteiger partial charge in [-0.15, -0.1) is 0 Å². The van der Waals surface area contributed by atoms with Crippen LogP contribution >= 0.6 is 23.2 Å². The molecule has 0 saturated carbocycles. The lowest BCUT2D eigenvalue weighted by Crippen LogP contribution is -2.05. The Morgan fingerprint density at radius 1 is 1.23 bits per heavy atom. The highest BCUT2D eigenvalue weighted by Crippen LogP contribution is 2.38. The summed E-state index contributed by atoms with van der Waals surface area (Å²) in [6, 6.07) is 3.04. The van der Waals surface area contributed by atoms with Crippen LogP contribution < -0.4 is 4.74 Å². The monoisotopic (exact) mass is 220 g/mol. The molecule has 0 atom stereocenters. The van der Waals surface area contributed by atoms with Crippen molar-refractivity contribution in [2.24, 2.45) is 0 Å². The van der Waals surface area contributed by atoms with Gasteiger partial charge in [0.2, 0.25) is 0 Å². The minimum atomic E-state index is -0.0391. The van der Waals surface area contributed by atoms with E-state index in [0.717, 1.165) is 0 Å². The molecule has 1 N–H and O–H groups in total. The van der Waals surface area contributed by atoms with Crippen molar-refractivity contribution in [1.82, 2.24) is 0 Å². The number of halogens is 2. The zero-order valence-electron chi connectivity index (χ0n) is 7.34. The van der Waals surface area contributed by atoms with Crippen molar-refractivity contribution in [2.75, 3.05) is 0 Å². The second kappa shape index (κ2) is 4.07. The fourth-order valence-electron chi connectivity index (χ4n) is 0.867. The Kier molecular flexibility index (Phi) is 3.28. The number of phenolic OH excluding ortho intramolecular Hbond substituents is 1. The standard InChI is InChI=1S/C9H10Cl2O2/c1-5(2)13-7-4-3-6(12)8(10)9(7)11/h3-5,12H,1-2H3. The Hall–Kier alpha value is -0.600. The molecule has 0 saturated heterocycles. The summed E-state index contributed by atoms with van der Waals surface area (Å²) in [5.74, 6) is 0.447. The van der Waals surface area contributed by atoms with E-state index >= 15 is 0 Å². The van der Waals surface area contributed by atoms with E-state index in [0.29, 0.717) is 5.75 Å². The van der Waals surface area contributed by atoms with E-state index < -0.39 is 0 Å². The molecule has 0 unspecified atom stereocenters. The van der Waals surface area contributed by atoms with Crippen LogP contribution in [0.2, 0.25) is 10.0 Å². The van der Waals surface area contributed by atoms with Gasteiger partial charge in [0.05, 0.1) is 6.10 Å². The summed E-state index contributed by atoms with van der Waals surface area (Å²) in [7, 11) is 0. The molecule has 0 aliphatic carbocycles. The van der Waals surface area contributed by atoms with Gasteiger partial charge in [-0.25, -0.2) is 0 Å². The molecule has 13 heavy (non-hydrogen) atoms. The lowest BCUT2D eigenvalue weighted by Gasteiger charge is -2.12. The first-order valence-corrected chi connectivity index (χ1v) is 4.61. The third-order valence-electron chi connectivity index (χ3n) is 1.39. The quantitative estimate of drug-likeness (QED) is 0.828. The van der Waals surface area contributed by atoms with Crippen LogP contribution in [-0.2, 0) is 0 Å². The number of rotatable bonds is 2. The van der Waals surface area contributed by atoms with Crippen LogP contribution in [0.5, 0.6) is 11.5 Å². The molecule has 0 radical (unpaired) electrons. The molecular formula is C9H10Cl2O2. The Balaban J connectivity index is 3.04. The number of benzene rings is 1. The number of phenols is 1. The summed E-state index contributed by atoms with van der Waals surface area (Å²) < 4.78 is 5.35. The molecule has 0 spiro atoms. The molecule has 0 aliphatic rings. The summed E-state index contributed by atoms with van der Waals surface area (Å²) in [4.78, 5) is 0. The van der Waals surface area contributed by atoms with Gasteiger partial charge in [0.15, 0.2) is 0 Å². The van der Waals surface area contributed by atoms with Gasteiger partial charge in [-0.1, -0.05) is 23.2 Å². The van der Waals surface area contributed by atoms with Gasteiger partial charge in [0.1, 0.15) is 21.5 Å². The first-order valence-electron chi connectivity index (χ1n) is 3.86. The fraction of sp³-hybridized carbons (Fsp3) is 0.333. The van der Waals surface area contributed by atoms with E-state index in [1.807, 2.05) is 13.8 Å². The summed E-state index contributed by atoms with van der Waals surface area (Å²) in [6.07, 6.45) is 0.0260. The van der Waals surface area contributed by atoms with E-state index in [-0.39, 0.29) is 21.9 Å². The number of hydrogen-bond donors (Lipinski definition) is 1. The normalized spacial score (nSPS) is 10.5. The zero-order chi connectivity index (χ0) is 10.0. The van der Waals surface area contributed by atoms with E-state index in [4.69, 9.17) is 27.9 Å². The Morgan fingerprint density at radius 3 is 2.38 bits per heavy atom. The van der Waals surface area contributed by atoms with E-state index in [2.05, 4.69) is 0 Å². The van der Waals surface area contributed by atoms with Crippen molar-refractivity contribution in [3.05, 3.63) is 22.2 Å². The lowest BCUT2D eigenvalue weighted by atomic mass is 10.3. The molecule has 72 valence electrons. The van der Waals surface area contributed by atoms with Crippen molar-refractivity contribution in [2.45, 2.75) is 20.0 Å². The SMILES string of the molecule is CC(C)Oc1ccc(O)c(Cl)c1Cl. The molecule has 0 heterocycles. The van der Waals surface area contributed by atoms with Crippen LogP contribution in [0.3, 0.4) is 0 Å². The van der Waals surface area contributed by atoms with Crippen LogP contribution in [0.15, 0.2) is 12.1 Å². The molecule has 1 aromatic carbocycles. The highest BCUT2D eigenvalue weighted by molar-refractivity contribution is 6.43. The van der Waals surface area contributed by atoms with Gasteiger partial charge >= 0.3 is 0 Å². The molecule has 1 aromatic rings. The minimum absolute atomic E-state index is 0.0260. The van der Waals surface area contributed by atoms with Crippen LogP contribution in [0.25, 0.3) is 0 Å².